The Kier molecular flexibility index (Phi) is 5.11. The number of anilines is 1. The van der Waals surface area contributed by atoms with Gasteiger partial charge in [0.1, 0.15) is 11.6 Å². The van der Waals surface area contributed by atoms with Crippen molar-refractivity contribution in [2.45, 2.75) is 12.8 Å². The van der Waals surface area contributed by atoms with Gasteiger partial charge in [0.15, 0.2) is 0 Å². The van der Waals surface area contributed by atoms with Crippen LogP contribution in [0.1, 0.15) is 17.5 Å². The van der Waals surface area contributed by atoms with Gasteiger partial charge in [0.05, 0.1) is 19.2 Å². The number of hydrogen-bond donors (Lipinski definition) is 2. The monoisotopic (exact) mass is 323 g/mol. The van der Waals surface area contributed by atoms with Crippen molar-refractivity contribution < 1.29 is 9.53 Å². The summed E-state index contributed by atoms with van der Waals surface area (Å²) in [6.07, 6.45) is 1.35. The number of carbonyl (C=O) groups excluding carboxylic acids is 1. The summed E-state index contributed by atoms with van der Waals surface area (Å²) in [5, 5.41) is 6.29. The number of ether oxygens (including phenoxy) is 1. The van der Waals surface area contributed by atoms with Crippen LogP contribution in [-0.4, -0.2) is 31.9 Å². The lowest BCUT2D eigenvalue weighted by atomic mass is 10.1. The Hall–Kier alpha value is -2.82. The number of nitrogens with zero attached hydrogens (tertiary/aromatic N) is 1. The van der Waals surface area contributed by atoms with Crippen LogP contribution in [0.2, 0.25) is 0 Å². The maximum atomic E-state index is 12.4. The molecule has 0 fully saturated rings. The van der Waals surface area contributed by atoms with E-state index in [0.29, 0.717) is 6.42 Å². The summed E-state index contributed by atoms with van der Waals surface area (Å²) < 4.78 is 5.13. The first-order valence-electron chi connectivity index (χ1n) is 8.07. The van der Waals surface area contributed by atoms with Gasteiger partial charge >= 0.3 is 0 Å². The molecule has 3 rings (SSSR count). The van der Waals surface area contributed by atoms with E-state index in [0.717, 1.165) is 47.9 Å². The number of carbonyl (C=O) groups is 1. The summed E-state index contributed by atoms with van der Waals surface area (Å²) in [6, 6.07) is 15.3. The molecule has 0 saturated heterocycles. The molecule has 1 heterocycles. The molecule has 1 aliphatic rings. The number of para-hydroxylation sites is 1. The molecule has 0 saturated carbocycles. The summed E-state index contributed by atoms with van der Waals surface area (Å²) >= 11 is 0. The predicted molar refractivity (Wildman–Crippen MR) is 95.8 cm³/mol. The van der Waals surface area contributed by atoms with Crippen LogP contribution >= 0.6 is 0 Å². The molecule has 0 radical (unpaired) electrons. The topological polar surface area (TPSA) is 62.7 Å². The first kappa shape index (κ1) is 16.1. The number of hydrogen-bond acceptors (Lipinski definition) is 4. The Morgan fingerprint density at radius 2 is 2.00 bits per heavy atom. The average molecular weight is 323 g/mol. The van der Waals surface area contributed by atoms with E-state index < -0.39 is 0 Å². The lowest BCUT2D eigenvalue weighted by Gasteiger charge is -2.18. The molecule has 0 spiro atoms. The lowest BCUT2D eigenvalue weighted by molar-refractivity contribution is -0.115. The van der Waals surface area contributed by atoms with Crippen molar-refractivity contribution in [3.05, 3.63) is 59.7 Å². The zero-order chi connectivity index (χ0) is 16.8. The van der Waals surface area contributed by atoms with E-state index in [4.69, 9.17) is 4.74 Å². The second-order valence-electron chi connectivity index (χ2n) is 5.63. The molecule has 124 valence electrons. The lowest BCUT2D eigenvalue weighted by Crippen LogP contribution is -2.31. The number of aliphatic imine (C=N–C) groups is 1. The van der Waals surface area contributed by atoms with Crippen molar-refractivity contribution in [1.29, 1.82) is 0 Å². The van der Waals surface area contributed by atoms with Gasteiger partial charge in [-0.25, -0.2) is 0 Å². The van der Waals surface area contributed by atoms with Gasteiger partial charge in [0.2, 0.25) is 5.91 Å². The van der Waals surface area contributed by atoms with Crippen molar-refractivity contribution >= 4 is 17.4 Å². The summed E-state index contributed by atoms with van der Waals surface area (Å²) in [5.74, 6) is 1.58. The van der Waals surface area contributed by atoms with Gasteiger partial charge in [-0.1, -0.05) is 24.3 Å². The number of nitrogens with one attached hydrogen (secondary N) is 2. The van der Waals surface area contributed by atoms with E-state index >= 15 is 0 Å². The second kappa shape index (κ2) is 7.64. The molecule has 0 bridgehead atoms. The maximum absolute atomic E-state index is 12.4. The van der Waals surface area contributed by atoms with Crippen molar-refractivity contribution in [1.82, 2.24) is 5.32 Å². The molecule has 0 unspecified atom stereocenters. The summed E-state index contributed by atoms with van der Waals surface area (Å²) in [5.41, 5.74) is 2.66. The second-order valence-corrected chi connectivity index (χ2v) is 5.63. The van der Waals surface area contributed by atoms with Gasteiger partial charge in [-0.2, -0.15) is 0 Å². The van der Waals surface area contributed by atoms with Crippen LogP contribution in [-0.2, 0) is 11.2 Å². The molecule has 0 atom stereocenters. The normalized spacial score (nSPS) is 13.6. The highest BCUT2D eigenvalue weighted by atomic mass is 16.5. The van der Waals surface area contributed by atoms with E-state index in [9.17, 15) is 4.79 Å². The van der Waals surface area contributed by atoms with E-state index in [1.807, 2.05) is 48.5 Å². The van der Waals surface area contributed by atoms with Crippen LogP contribution in [0.3, 0.4) is 0 Å². The highest BCUT2D eigenvalue weighted by Gasteiger charge is 2.13. The van der Waals surface area contributed by atoms with Crippen molar-refractivity contribution in [3.63, 3.8) is 0 Å². The van der Waals surface area contributed by atoms with Crippen LogP contribution < -0.4 is 15.4 Å². The number of amidine groups is 1. The van der Waals surface area contributed by atoms with E-state index in [1.165, 1.54) is 0 Å². The molecule has 0 aromatic heterocycles. The molecule has 2 aromatic carbocycles. The smallest absolute Gasteiger partial charge is 0.228 e. The van der Waals surface area contributed by atoms with Crippen LogP contribution in [0.15, 0.2) is 53.5 Å². The Balaban J connectivity index is 1.71. The quantitative estimate of drug-likeness (QED) is 0.889. The maximum Gasteiger partial charge on any atom is 0.228 e. The summed E-state index contributed by atoms with van der Waals surface area (Å²) in [4.78, 5) is 16.9. The van der Waals surface area contributed by atoms with Crippen molar-refractivity contribution in [2.75, 3.05) is 25.5 Å². The third-order valence-corrected chi connectivity index (χ3v) is 3.88. The Labute approximate surface area is 141 Å². The molecule has 1 amide bonds. The minimum absolute atomic E-state index is 0.0518. The largest absolute Gasteiger partial charge is 0.497 e. The standard InChI is InChI=1S/C19H21N3O2/c1-24-15-9-7-14(8-10-15)13-18(23)22-17-6-3-2-5-16(17)19-20-11-4-12-21-19/h2-3,5-10H,4,11-13H2,1H3,(H,20,21)(H,22,23). The van der Waals surface area contributed by atoms with Gasteiger partial charge in [0.25, 0.3) is 0 Å². The number of rotatable bonds is 5. The molecule has 24 heavy (non-hydrogen) atoms. The van der Waals surface area contributed by atoms with Crippen LogP contribution in [0, 0.1) is 0 Å². The van der Waals surface area contributed by atoms with E-state index in [-0.39, 0.29) is 5.91 Å². The molecule has 1 aliphatic heterocycles. The van der Waals surface area contributed by atoms with Crippen molar-refractivity contribution in [3.8, 4) is 5.75 Å². The molecule has 5 heteroatoms. The fraction of sp³-hybridized carbons (Fsp3) is 0.263. The first-order valence-corrected chi connectivity index (χ1v) is 8.07. The zero-order valence-corrected chi connectivity index (χ0v) is 13.7. The third-order valence-electron chi connectivity index (χ3n) is 3.88. The van der Waals surface area contributed by atoms with Crippen LogP contribution in [0.4, 0.5) is 5.69 Å². The van der Waals surface area contributed by atoms with Crippen molar-refractivity contribution in [2.24, 2.45) is 4.99 Å². The number of benzene rings is 2. The predicted octanol–water partition coefficient (Wildman–Crippen LogP) is 2.62. The molecular weight excluding hydrogens is 302 g/mol. The molecule has 0 aliphatic carbocycles. The fourth-order valence-corrected chi connectivity index (χ4v) is 2.63. The Morgan fingerprint density at radius 3 is 2.71 bits per heavy atom. The van der Waals surface area contributed by atoms with Gasteiger partial charge in [0, 0.05) is 18.7 Å². The fourth-order valence-electron chi connectivity index (χ4n) is 2.63. The Bertz CT molecular complexity index is 739. The Morgan fingerprint density at radius 1 is 1.21 bits per heavy atom. The molecular formula is C19H21N3O2. The highest BCUT2D eigenvalue weighted by molar-refractivity contribution is 6.06. The first-order chi connectivity index (χ1) is 11.8. The van der Waals surface area contributed by atoms with Crippen LogP contribution in [0.25, 0.3) is 0 Å². The third kappa shape index (κ3) is 3.93. The highest BCUT2D eigenvalue weighted by Crippen LogP contribution is 2.18. The van der Waals surface area contributed by atoms with Gasteiger partial charge in [-0.15, -0.1) is 0 Å². The number of amides is 1. The summed E-state index contributed by atoms with van der Waals surface area (Å²) in [6.45, 7) is 1.73. The molecule has 2 aromatic rings. The van der Waals surface area contributed by atoms with Gasteiger partial charge < -0.3 is 15.4 Å². The van der Waals surface area contributed by atoms with E-state index in [1.54, 1.807) is 7.11 Å². The minimum Gasteiger partial charge on any atom is -0.497 e. The average Bonchev–Trinajstić information content (AvgIpc) is 2.63. The van der Waals surface area contributed by atoms with Gasteiger partial charge in [-0.3, -0.25) is 9.79 Å². The minimum atomic E-state index is -0.0518. The molecule has 5 nitrogen and oxygen atoms in total. The van der Waals surface area contributed by atoms with E-state index in [2.05, 4.69) is 15.6 Å². The van der Waals surface area contributed by atoms with Crippen LogP contribution in [0.5, 0.6) is 5.75 Å². The SMILES string of the molecule is COc1ccc(CC(=O)Nc2ccccc2C2=NCCCN2)cc1. The zero-order valence-electron chi connectivity index (χ0n) is 13.7. The molecule has 2 N–H and O–H groups in total. The van der Waals surface area contributed by atoms with Gasteiger partial charge in [-0.05, 0) is 36.2 Å². The summed E-state index contributed by atoms with van der Waals surface area (Å²) in [7, 11) is 1.63. The number of methoxy groups -OCH3 is 1.